The zero-order valence-electron chi connectivity index (χ0n) is 14.7. The Balaban J connectivity index is 1.50. The number of carbonyl (C=O) groups is 2. The first-order chi connectivity index (χ1) is 11.8. The van der Waals surface area contributed by atoms with Crippen molar-refractivity contribution in [3.8, 4) is 0 Å². The molecule has 3 heterocycles. The Morgan fingerprint density at radius 2 is 1.72 bits per heavy atom. The fourth-order valence-electron chi connectivity index (χ4n) is 3.17. The van der Waals surface area contributed by atoms with Crippen LogP contribution in [0.1, 0.15) is 44.5 Å². The second-order valence-corrected chi connectivity index (χ2v) is 8.18. The van der Waals surface area contributed by atoms with Gasteiger partial charge in [-0.15, -0.1) is 10.2 Å². The monoisotopic (exact) mass is 367 g/mol. The van der Waals surface area contributed by atoms with Crippen LogP contribution in [0.3, 0.4) is 0 Å². The van der Waals surface area contributed by atoms with Crippen LogP contribution in [0.25, 0.3) is 0 Å². The van der Waals surface area contributed by atoms with Gasteiger partial charge in [0.25, 0.3) is 0 Å². The number of aliphatic hydroxyl groups is 1. The second kappa shape index (κ2) is 7.25. The summed E-state index contributed by atoms with van der Waals surface area (Å²) in [6.45, 7) is 6.18. The molecule has 138 valence electrons. The molecule has 1 aromatic heterocycles. The van der Waals surface area contributed by atoms with Gasteiger partial charge >= 0.3 is 6.03 Å². The van der Waals surface area contributed by atoms with Gasteiger partial charge in [0.2, 0.25) is 11.0 Å². The highest BCUT2D eigenvalue weighted by Gasteiger charge is 2.31. The van der Waals surface area contributed by atoms with Crippen LogP contribution in [-0.4, -0.2) is 63.2 Å². The third-order valence-corrected chi connectivity index (χ3v) is 5.84. The molecule has 0 spiro atoms. The Bertz CT molecular complexity index is 628. The maximum absolute atomic E-state index is 12.4. The first-order valence-corrected chi connectivity index (χ1v) is 9.57. The van der Waals surface area contributed by atoms with E-state index in [1.54, 1.807) is 13.8 Å². The summed E-state index contributed by atoms with van der Waals surface area (Å²) >= 11 is 1.18. The normalized spacial score (nSPS) is 19.3. The van der Waals surface area contributed by atoms with Crippen LogP contribution in [0.15, 0.2) is 0 Å². The Hall–Kier alpha value is -1.74. The van der Waals surface area contributed by atoms with Crippen molar-refractivity contribution in [1.82, 2.24) is 20.0 Å². The van der Waals surface area contributed by atoms with E-state index >= 15 is 0 Å². The molecule has 3 rings (SSSR count). The Morgan fingerprint density at radius 1 is 1.12 bits per heavy atom. The van der Waals surface area contributed by atoms with Gasteiger partial charge in [-0.2, -0.15) is 0 Å². The fourth-order valence-corrected chi connectivity index (χ4v) is 3.92. The van der Waals surface area contributed by atoms with Gasteiger partial charge in [0.15, 0.2) is 0 Å². The molecule has 3 amide bonds. The van der Waals surface area contributed by atoms with Crippen LogP contribution in [-0.2, 0) is 10.4 Å². The lowest BCUT2D eigenvalue weighted by Crippen LogP contribution is -2.47. The molecule has 0 aromatic carbocycles. The minimum atomic E-state index is -1.07. The van der Waals surface area contributed by atoms with Crippen molar-refractivity contribution in [2.75, 3.05) is 31.5 Å². The first kappa shape index (κ1) is 18.1. The number of urea groups is 1. The van der Waals surface area contributed by atoms with Crippen LogP contribution in [0, 0.1) is 5.92 Å². The smallest absolute Gasteiger partial charge is 0.319 e. The van der Waals surface area contributed by atoms with E-state index in [9.17, 15) is 14.7 Å². The summed E-state index contributed by atoms with van der Waals surface area (Å²) in [7, 11) is 0. The average Bonchev–Trinajstić information content (AvgIpc) is 3.25. The number of nitrogens with zero attached hydrogens (tertiary/aromatic N) is 4. The second-order valence-electron chi connectivity index (χ2n) is 7.20. The molecule has 0 bridgehead atoms. The molecule has 9 heteroatoms. The maximum atomic E-state index is 12.4. The lowest BCUT2D eigenvalue weighted by molar-refractivity contribution is -0.121. The molecular formula is C16H25N5O3S. The van der Waals surface area contributed by atoms with Gasteiger partial charge in [0.1, 0.15) is 10.6 Å². The van der Waals surface area contributed by atoms with Crippen LogP contribution >= 0.6 is 11.3 Å². The van der Waals surface area contributed by atoms with E-state index in [0.29, 0.717) is 36.1 Å². The summed E-state index contributed by atoms with van der Waals surface area (Å²) < 4.78 is 0. The first-order valence-electron chi connectivity index (χ1n) is 8.75. The van der Waals surface area contributed by atoms with Gasteiger partial charge in [-0.05, 0) is 39.5 Å². The molecule has 0 aliphatic carbocycles. The topological polar surface area (TPSA) is 98.7 Å². The van der Waals surface area contributed by atoms with Crippen molar-refractivity contribution in [3.05, 3.63) is 5.01 Å². The quantitative estimate of drug-likeness (QED) is 0.846. The third kappa shape index (κ3) is 4.27. The minimum Gasteiger partial charge on any atom is -0.383 e. The molecule has 0 saturated carbocycles. The van der Waals surface area contributed by atoms with Crippen molar-refractivity contribution < 1.29 is 14.7 Å². The van der Waals surface area contributed by atoms with Crippen molar-refractivity contribution >= 4 is 28.4 Å². The van der Waals surface area contributed by atoms with Gasteiger partial charge in [0, 0.05) is 32.1 Å². The van der Waals surface area contributed by atoms with Crippen LogP contribution in [0.4, 0.5) is 9.93 Å². The van der Waals surface area contributed by atoms with Crippen molar-refractivity contribution in [3.63, 3.8) is 0 Å². The molecule has 0 unspecified atom stereocenters. The SMILES string of the molecule is CC(C)(O)c1nnc(NC(=O)C2CCN(C(=O)N3CCCC3)CC2)s1. The number of likely N-dealkylation sites (tertiary alicyclic amines) is 2. The van der Waals surface area contributed by atoms with Gasteiger partial charge < -0.3 is 20.2 Å². The van der Waals surface area contributed by atoms with Crippen LogP contribution < -0.4 is 5.32 Å². The number of carbonyl (C=O) groups excluding carboxylic acids is 2. The van der Waals surface area contributed by atoms with Gasteiger partial charge in [-0.25, -0.2) is 4.79 Å². The number of anilines is 1. The maximum Gasteiger partial charge on any atom is 0.319 e. The number of piperidine rings is 1. The van der Waals surface area contributed by atoms with E-state index < -0.39 is 5.60 Å². The van der Waals surface area contributed by atoms with Gasteiger partial charge in [-0.1, -0.05) is 11.3 Å². The van der Waals surface area contributed by atoms with Gasteiger partial charge in [-0.3, -0.25) is 4.79 Å². The molecule has 2 fully saturated rings. The summed E-state index contributed by atoms with van der Waals surface area (Å²) in [5.74, 6) is -0.219. The molecular weight excluding hydrogens is 342 g/mol. The number of nitrogens with one attached hydrogen (secondary N) is 1. The average molecular weight is 367 g/mol. The standard InChI is InChI=1S/C16H25N5O3S/c1-16(2,24)13-18-19-14(25-13)17-12(22)11-5-9-21(10-6-11)15(23)20-7-3-4-8-20/h11,24H,3-10H2,1-2H3,(H,17,19,22). The summed E-state index contributed by atoms with van der Waals surface area (Å²) in [6, 6.07) is 0.107. The zero-order valence-corrected chi connectivity index (χ0v) is 15.5. The number of amides is 3. The number of aromatic nitrogens is 2. The molecule has 2 aliphatic rings. The van der Waals surface area contributed by atoms with E-state index in [2.05, 4.69) is 15.5 Å². The molecule has 2 saturated heterocycles. The number of hydrogen-bond acceptors (Lipinski definition) is 6. The van der Waals surface area contributed by atoms with E-state index in [1.807, 2.05) is 9.80 Å². The molecule has 8 nitrogen and oxygen atoms in total. The van der Waals surface area contributed by atoms with E-state index in [0.717, 1.165) is 25.9 Å². The molecule has 0 atom stereocenters. The minimum absolute atomic E-state index is 0.0910. The Labute approximate surface area is 151 Å². The molecule has 1 aromatic rings. The molecule has 2 N–H and O–H groups in total. The molecule has 2 aliphatic heterocycles. The van der Waals surface area contributed by atoms with Gasteiger partial charge in [0.05, 0.1) is 0 Å². The lowest BCUT2D eigenvalue weighted by atomic mass is 9.96. The van der Waals surface area contributed by atoms with E-state index in [4.69, 9.17) is 0 Å². The molecule has 0 radical (unpaired) electrons. The highest BCUT2D eigenvalue weighted by atomic mass is 32.1. The predicted molar refractivity (Wildman–Crippen MR) is 94.3 cm³/mol. The van der Waals surface area contributed by atoms with E-state index in [1.165, 1.54) is 11.3 Å². The largest absolute Gasteiger partial charge is 0.383 e. The lowest BCUT2D eigenvalue weighted by Gasteiger charge is -2.33. The Morgan fingerprint density at radius 3 is 2.28 bits per heavy atom. The Kier molecular flexibility index (Phi) is 5.24. The number of hydrogen-bond donors (Lipinski definition) is 2. The predicted octanol–water partition coefficient (Wildman–Crippen LogP) is 1.63. The van der Waals surface area contributed by atoms with Crippen molar-refractivity contribution in [2.24, 2.45) is 5.92 Å². The van der Waals surface area contributed by atoms with Crippen molar-refractivity contribution in [1.29, 1.82) is 0 Å². The van der Waals surface area contributed by atoms with E-state index in [-0.39, 0.29) is 17.9 Å². The zero-order chi connectivity index (χ0) is 18.0. The summed E-state index contributed by atoms with van der Waals surface area (Å²) in [5, 5.41) is 21.4. The van der Waals surface area contributed by atoms with Crippen molar-refractivity contribution in [2.45, 2.75) is 45.1 Å². The van der Waals surface area contributed by atoms with Crippen LogP contribution in [0.5, 0.6) is 0 Å². The fraction of sp³-hybridized carbons (Fsp3) is 0.750. The summed E-state index contributed by atoms with van der Waals surface area (Å²) in [5.41, 5.74) is -1.07. The summed E-state index contributed by atoms with van der Waals surface area (Å²) in [4.78, 5) is 28.5. The highest BCUT2D eigenvalue weighted by Crippen LogP contribution is 2.27. The third-order valence-electron chi connectivity index (χ3n) is 4.69. The van der Waals surface area contributed by atoms with Crippen LogP contribution in [0.2, 0.25) is 0 Å². The number of rotatable bonds is 3. The summed E-state index contributed by atoms with van der Waals surface area (Å²) in [6.07, 6.45) is 3.48. The highest BCUT2D eigenvalue weighted by molar-refractivity contribution is 7.15. The molecule has 25 heavy (non-hydrogen) atoms.